The van der Waals surface area contributed by atoms with Crippen LogP contribution in [0.25, 0.3) is 0 Å². The van der Waals surface area contributed by atoms with E-state index in [1.54, 1.807) is 4.90 Å². The summed E-state index contributed by atoms with van der Waals surface area (Å²) >= 11 is 0. The molecule has 2 saturated heterocycles. The molecule has 2 aliphatic heterocycles. The number of piperidine rings is 1. The molecule has 67 heavy (non-hydrogen) atoms. The Morgan fingerprint density at radius 3 is 1.54 bits per heavy atom. The molecule has 2 aliphatic rings. The minimum Gasteiger partial charge on any atom is -0.391 e. The summed E-state index contributed by atoms with van der Waals surface area (Å²) in [5, 5.41) is 19.3. The fourth-order valence-electron chi connectivity index (χ4n) is 8.95. The molecule has 4 N–H and O–H groups in total. The lowest BCUT2D eigenvalue weighted by atomic mass is 9.96. The second-order valence-electron chi connectivity index (χ2n) is 20.6. The number of carbonyl (C=O) groups excluding carboxylic acids is 8. The third-order valence-electron chi connectivity index (χ3n) is 12.9. The summed E-state index contributed by atoms with van der Waals surface area (Å²) in [5.41, 5.74) is 0.734. The Hall–Kier alpha value is -5.06. The van der Waals surface area contributed by atoms with E-state index < -0.39 is 102 Å². The average molecular weight is 939 g/mol. The molecule has 0 saturated carbocycles. The Balaban J connectivity index is 2.32. The maximum atomic E-state index is 15.0. The molecule has 17 heteroatoms. The van der Waals surface area contributed by atoms with E-state index in [1.165, 1.54) is 54.7 Å². The molecule has 0 spiro atoms. The fourth-order valence-corrected chi connectivity index (χ4v) is 8.95. The summed E-state index contributed by atoms with van der Waals surface area (Å²) in [7, 11) is 5.91. The maximum Gasteiger partial charge on any atom is 0.246 e. The van der Waals surface area contributed by atoms with Crippen LogP contribution >= 0.6 is 0 Å². The Kier molecular flexibility index (Phi) is 21.8. The van der Waals surface area contributed by atoms with E-state index in [9.17, 15) is 43.5 Å². The molecule has 3 rings (SSSR count). The van der Waals surface area contributed by atoms with E-state index in [0.29, 0.717) is 13.1 Å². The summed E-state index contributed by atoms with van der Waals surface area (Å²) in [6, 6.07) is 0.456. The number of benzene rings is 1. The zero-order valence-corrected chi connectivity index (χ0v) is 42.5. The SMILES string of the molecule is CC(C)C[C@@H]1NC(=O)[C@H](C(C)O)NC(=O)[C@H](CC(C)C)N(C)C(=O)[C@H](Cc2ccccc2)N(C)C(=O)[C@H](CC(C)C)N(C)C(=O)CC(C(=O)N2CCCCC2)NC(=O)[C@H](CC(C)C)N(C)C1=O. The number of amides is 8. The van der Waals surface area contributed by atoms with Crippen molar-refractivity contribution in [3.63, 3.8) is 0 Å². The van der Waals surface area contributed by atoms with Gasteiger partial charge in [0, 0.05) is 47.7 Å². The Morgan fingerprint density at radius 1 is 0.567 bits per heavy atom. The van der Waals surface area contributed by atoms with Gasteiger partial charge in [-0.3, -0.25) is 38.4 Å². The highest BCUT2D eigenvalue weighted by Crippen LogP contribution is 2.23. The van der Waals surface area contributed by atoms with Crippen LogP contribution in [0.2, 0.25) is 0 Å². The average Bonchev–Trinajstić information content (AvgIpc) is 3.27. The smallest absolute Gasteiger partial charge is 0.246 e. The van der Waals surface area contributed by atoms with Crippen molar-refractivity contribution in [1.82, 2.24) is 40.4 Å². The second kappa shape index (κ2) is 25.9. The van der Waals surface area contributed by atoms with Crippen molar-refractivity contribution in [3.05, 3.63) is 35.9 Å². The Morgan fingerprint density at radius 2 is 1.03 bits per heavy atom. The normalized spacial score (nSPS) is 25.9. The van der Waals surface area contributed by atoms with Crippen molar-refractivity contribution in [2.24, 2.45) is 23.7 Å². The van der Waals surface area contributed by atoms with Crippen LogP contribution in [0.3, 0.4) is 0 Å². The molecule has 8 amide bonds. The van der Waals surface area contributed by atoms with Gasteiger partial charge in [-0.15, -0.1) is 0 Å². The molecule has 0 aliphatic carbocycles. The lowest BCUT2D eigenvalue weighted by Gasteiger charge is -2.39. The van der Waals surface area contributed by atoms with E-state index in [0.717, 1.165) is 24.8 Å². The first-order chi connectivity index (χ1) is 31.3. The van der Waals surface area contributed by atoms with Crippen molar-refractivity contribution in [3.8, 4) is 0 Å². The number of likely N-dealkylation sites (N-methyl/N-ethyl adjacent to an activating group) is 4. The number of nitrogens with zero attached hydrogens (tertiary/aromatic N) is 5. The van der Waals surface area contributed by atoms with E-state index >= 15 is 0 Å². The molecule has 1 aromatic rings. The number of aliphatic hydroxyl groups is 1. The van der Waals surface area contributed by atoms with Gasteiger partial charge in [-0.25, -0.2) is 0 Å². The predicted octanol–water partition coefficient (Wildman–Crippen LogP) is 2.97. The third-order valence-corrected chi connectivity index (χ3v) is 12.9. The van der Waals surface area contributed by atoms with Crippen LogP contribution in [0.15, 0.2) is 30.3 Å². The molecular weight excluding hydrogens is 857 g/mol. The van der Waals surface area contributed by atoms with Gasteiger partial charge in [-0.2, -0.15) is 0 Å². The highest BCUT2D eigenvalue weighted by molar-refractivity contribution is 5.99. The molecule has 1 aromatic carbocycles. The van der Waals surface area contributed by atoms with Crippen molar-refractivity contribution in [2.45, 2.75) is 168 Å². The molecule has 17 nitrogen and oxygen atoms in total. The summed E-state index contributed by atoms with van der Waals surface area (Å²) in [6.07, 6.45) is 1.24. The largest absolute Gasteiger partial charge is 0.391 e. The van der Waals surface area contributed by atoms with Crippen molar-refractivity contribution in [1.29, 1.82) is 0 Å². The zero-order chi connectivity index (χ0) is 50.4. The zero-order valence-electron chi connectivity index (χ0n) is 42.5. The van der Waals surface area contributed by atoms with E-state index in [4.69, 9.17) is 0 Å². The highest BCUT2D eigenvalue weighted by Gasteiger charge is 2.43. The fraction of sp³-hybridized carbons (Fsp3) is 0.720. The van der Waals surface area contributed by atoms with E-state index in [2.05, 4.69) is 16.0 Å². The van der Waals surface area contributed by atoms with Gasteiger partial charge in [-0.1, -0.05) is 85.7 Å². The number of nitrogens with one attached hydrogen (secondary N) is 3. The maximum absolute atomic E-state index is 15.0. The number of carbonyl (C=O) groups is 8. The monoisotopic (exact) mass is 939 g/mol. The van der Waals surface area contributed by atoms with Gasteiger partial charge in [0.15, 0.2) is 0 Å². The molecule has 2 fully saturated rings. The van der Waals surface area contributed by atoms with Crippen LogP contribution in [0.5, 0.6) is 0 Å². The number of likely N-dealkylation sites (tertiary alicyclic amines) is 1. The van der Waals surface area contributed by atoms with Crippen LogP contribution in [0, 0.1) is 23.7 Å². The van der Waals surface area contributed by atoms with Gasteiger partial charge in [0.05, 0.1) is 12.5 Å². The van der Waals surface area contributed by atoms with Crippen LogP contribution < -0.4 is 16.0 Å². The van der Waals surface area contributed by atoms with Crippen molar-refractivity contribution in [2.75, 3.05) is 41.3 Å². The number of aliphatic hydroxyl groups excluding tert-OH is 1. The number of hydrogen-bond donors (Lipinski definition) is 4. The summed E-state index contributed by atoms with van der Waals surface area (Å²) in [4.78, 5) is 124. The first kappa shape index (κ1) is 56.3. The minimum absolute atomic E-state index is 0.0583. The first-order valence-electron chi connectivity index (χ1n) is 24.3. The molecule has 8 atom stereocenters. The van der Waals surface area contributed by atoms with Gasteiger partial charge in [-0.05, 0) is 81.1 Å². The number of rotatable bonds is 12. The minimum atomic E-state index is -1.55. The predicted molar refractivity (Wildman–Crippen MR) is 257 cm³/mol. The third kappa shape index (κ3) is 16.0. The van der Waals surface area contributed by atoms with Gasteiger partial charge >= 0.3 is 0 Å². The molecule has 2 heterocycles. The molecule has 0 radical (unpaired) electrons. The van der Waals surface area contributed by atoms with Crippen LogP contribution in [-0.2, 0) is 44.8 Å². The van der Waals surface area contributed by atoms with Crippen LogP contribution in [0.1, 0.15) is 119 Å². The van der Waals surface area contributed by atoms with Crippen LogP contribution in [0.4, 0.5) is 0 Å². The van der Waals surface area contributed by atoms with Gasteiger partial charge in [0.2, 0.25) is 47.3 Å². The Bertz CT molecular complexity index is 1850. The molecule has 0 aromatic heterocycles. The Labute approximate surface area is 399 Å². The van der Waals surface area contributed by atoms with Gasteiger partial charge < -0.3 is 45.6 Å². The first-order valence-corrected chi connectivity index (χ1v) is 24.3. The lowest BCUT2D eigenvalue weighted by Crippen LogP contribution is -2.63. The summed E-state index contributed by atoms with van der Waals surface area (Å²) in [6.45, 7) is 17.3. The lowest BCUT2D eigenvalue weighted by molar-refractivity contribution is -0.153. The highest BCUT2D eigenvalue weighted by atomic mass is 16.3. The van der Waals surface area contributed by atoms with Crippen molar-refractivity contribution >= 4 is 47.3 Å². The van der Waals surface area contributed by atoms with Gasteiger partial charge in [0.1, 0.15) is 42.3 Å². The topological polar surface area (TPSA) is 209 Å². The molecule has 376 valence electrons. The van der Waals surface area contributed by atoms with E-state index in [1.807, 2.05) is 85.7 Å². The summed E-state index contributed by atoms with van der Waals surface area (Å²) in [5.74, 6) is -5.48. The van der Waals surface area contributed by atoms with Crippen LogP contribution in [-0.4, -0.2) is 167 Å². The summed E-state index contributed by atoms with van der Waals surface area (Å²) < 4.78 is 0. The quantitative estimate of drug-likeness (QED) is 0.243. The second-order valence-corrected chi connectivity index (χ2v) is 20.6. The van der Waals surface area contributed by atoms with Gasteiger partial charge in [0.25, 0.3) is 0 Å². The standard InChI is InChI=1S/C50H82N8O9/c1-30(2)24-36-47(64)55(11)38(25-31(3)4)44(61)51-37(48(65)58-22-18-15-19-23-58)29-42(60)54(10)40(27-33(7)8)49(66)57(13)41(28-35-20-16-14-17-21-35)50(67)56(12)39(26-32(5)6)45(62)53-43(34(9)59)46(63)52-36/h14,16-17,20-21,30-34,36-41,43,59H,15,18-19,22-29H2,1-13H3,(H,51,61)(H,52,63)(H,53,62)/t34?,36-,37?,38-,39-,40-,41-,43-/m0/s1. The molecular formula is C50H82N8O9. The van der Waals surface area contributed by atoms with Crippen molar-refractivity contribution < 1.29 is 43.5 Å². The molecule has 2 unspecified atom stereocenters. The van der Waals surface area contributed by atoms with E-state index in [-0.39, 0.29) is 55.8 Å². The number of hydrogen-bond acceptors (Lipinski definition) is 9. The molecule has 0 bridgehead atoms.